The van der Waals surface area contributed by atoms with E-state index < -0.39 is 5.97 Å². The van der Waals surface area contributed by atoms with Gasteiger partial charge in [-0.3, -0.25) is 4.98 Å². The first-order chi connectivity index (χ1) is 14.9. The average molecular weight is 415 g/mol. The number of carboxylic acid groups (broad SMARTS) is 1. The highest BCUT2D eigenvalue weighted by Crippen LogP contribution is 2.33. The molecule has 31 heavy (non-hydrogen) atoms. The molecule has 4 nitrogen and oxygen atoms in total. The number of nitrogens with one attached hydrogen (secondary N) is 1. The molecule has 0 saturated heterocycles. The predicted octanol–water partition coefficient (Wildman–Crippen LogP) is 5.70. The Labute approximate surface area is 184 Å². The summed E-state index contributed by atoms with van der Waals surface area (Å²) in [6.45, 7) is 7.58. The van der Waals surface area contributed by atoms with Crippen LogP contribution in [0.25, 0.3) is 11.1 Å². The molecule has 1 aliphatic rings. The van der Waals surface area contributed by atoms with Gasteiger partial charge in [0.2, 0.25) is 0 Å². The number of benzene rings is 2. The molecule has 0 radical (unpaired) electrons. The number of hydrogen-bond acceptors (Lipinski definition) is 3. The summed E-state index contributed by atoms with van der Waals surface area (Å²) in [5.74, 6) is -0.359. The van der Waals surface area contributed by atoms with Crippen LogP contribution in [0.15, 0.2) is 54.9 Å². The largest absolute Gasteiger partial charge is 0.478 e. The number of carbonyl (C=O) groups is 1. The summed E-state index contributed by atoms with van der Waals surface area (Å²) >= 11 is 0. The highest BCUT2D eigenvalue weighted by molar-refractivity contribution is 5.89. The molecular formula is C27H30N2O2. The van der Waals surface area contributed by atoms with Crippen molar-refractivity contribution in [1.29, 1.82) is 0 Å². The Bertz CT molecular complexity index is 1100. The lowest BCUT2D eigenvalue weighted by Gasteiger charge is -2.28. The Morgan fingerprint density at radius 3 is 2.77 bits per heavy atom. The van der Waals surface area contributed by atoms with E-state index in [2.05, 4.69) is 67.5 Å². The molecule has 1 atom stereocenters. The van der Waals surface area contributed by atoms with Crippen LogP contribution >= 0.6 is 0 Å². The molecule has 1 aliphatic heterocycles. The van der Waals surface area contributed by atoms with Gasteiger partial charge in [-0.15, -0.1) is 0 Å². The SMILES string of the molecule is Cc1cc(C(C)C)ccc1-c1ccc2c(c1)CCN[C@@H]2CCc1cnccc1C(=O)O. The average Bonchev–Trinajstić information content (AvgIpc) is 2.77. The number of aromatic carboxylic acids is 1. The van der Waals surface area contributed by atoms with Crippen LogP contribution < -0.4 is 5.32 Å². The summed E-state index contributed by atoms with van der Waals surface area (Å²) in [6, 6.07) is 15.4. The third kappa shape index (κ3) is 4.54. The van der Waals surface area contributed by atoms with Gasteiger partial charge in [0.15, 0.2) is 0 Å². The first-order valence-corrected chi connectivity index (χ1v) is 11.1. The number of pyridine rings is 1. The highest BCUT2D eigenvalue weighted by atomic mass is 16.4. The molecule has 0 spiro atoms. The second-order valence-electron chi connectivity index (χ2n) is 8.78. The Hall–Kier alpha value is -2.98. The number of aromatic nitrogens is 1. The third-order valence-corrected chi connectivity index (χ3v) is 6.37. The molecule has 1 aromatic heterocycles. The molecule has 0 bridgehead atoms. The van der Waals surface area contributed by atoms with Crippen LogP contribution in [0.2, 0.25) is 0 Å². The van der Waals surface area contributed by atoms with Gasteiger partial charge in [-0.25, -0.2) is 4.79 Å². The van der Waals surface area contributed by atoms with E-state index in [1.165, 1.54) is 33.4 Å². The van der Waals surface area contributed by atoms with Gasteiger partial charge in [0.05, 0.1) is 5.56 Å². The summed E-state index contributed by atoms with van der Waals surface area (Å²) in [5, 5.41) is 13.0. The maximum absolute atomic E-state index is 11.5. The Morgan fingerprint density at radius 2 is 2.03 bits per heavy atom. The first kappa shape index (κ1) is 21.3. The molecule has 4 heteroatoms. The maximum Gasteiger partial charge on any atom is 0.336 e. The van der Waals surface area contributed by atoms with Gasteiger partial charge in [0, 0.05) is 18.4 Å². The topological polar surface area (TPSA) is 62.2 Å². The van der Waals surface area contributed by atoms with E-state index in [4.69, 9.17) is 0 Å². The molecule has 2 N–H and O–H groups in total. The summed E-state index contributed by atoms with van der Waals surface area (Å²) in [7, 11) is 0. The summed E-state index contributed by atoms with van der Waals surface area (Å²) in [4.78, 5) is 15.6. The molecule has 160 valence electrons. The minimum Gasteiger partial charge on any atom is -0.478 e. The van der Waals surface area contributed by atoms with E-state index in [1.807, 2.05) is 0 Å². The molecule has 4 rings (SSSR count). The van der Waals surface area contributed by atoms with Crippen molar-refractivity contribution in [3.8, 4) is 11.1 Å². The van der Waals surface area contributed by atoms with Gasteiger partial charge < -0.3 is 10.4 Å². The van der Waals surface area contributed by atoms with Gasteiger partial charge >= 0.3 is 5.97 Å². The Morgan fingerprint density at radius 1 is 1.19 bits per heavy atom. The predicted molar refractivity (Wildman–Crippen MR) is 125 cm³/mol. The molecule has 3 aromatic rings. The quantitative estimate of drug-likeness (QED) is 0.543. The Kier molecular flexibility index (Phi) is 6.19. The van der Waals surface area contributed by atoms with E-state index in [0.29, 0.717) is 17.9 Å². The minimum atomic E-state index is -0.891. The molecule has 0 unspecified atom stereocenters. The van der Waals surface area contributed by atoms with Crippen molar-refractivity contribution in [2.45, 2.75) is 52.0 Å². The van der Waals surface area contributed by atoms with Gasteiger partial charge in [-0.2, -0.15) is 0 Å². The van der Waals surface area contributed by atoms with Gasteiger partial charge in [-0.1, -0.05) is 50.2 Å². The lowest BCUT2D eigenvalue weighted by Crippen LogP contribution is -2.30. The fourth-order valence-electron chi connectivity index (χ4n) is 4.58. The zero-order valence-corrected chi connectivity index (χ0v) is 18.5. The van der Waals surface area contributed by atoms with E-state index in [1.54, 1.807) is 18.5 Å². The lowest BCUT2D eigenvalue weighted by atomic mass is 9.87. The summed E-state index contributed by atoms with van der Waals surface area (Å²) in [6.07, 6.45) is 5.76. The van der Waals surface area contributed by atoms with E-state index in [-0.39, 0.29) is 6.04 Å². The van der Waals surface area contributed by atoms with Gasteiger partial charge in [0.1, 0.15) is 0 Å². The number of carboxylic acids is 1. The Balaban J connectivity index is 1.56. The van der Waals surface area contributed by atoms with Crippen LogP contribution in [0.1, 0.15) is 70.4 Å². The summed E-state index contributed by atoms with van der Waals surface area (Å²) in [5.41, 5.74) is 9.11. The fraction of sp³-hybridized carbons (Fsp3) is 0.333. The number of aryl methyl sites for hydroxylation is 2. The van der Waals surface area contributed by atoms with Crippen molar-refractivity contribution >= 4 is 5.97 Å². The van der Waals surface area contributed by atoms with Gasteiger partial charge in [0.25, 0.3) is 0 Å². The van der Waals surface area contributed by atoms with Crippen LogP contribution in [-0.4, -0.2) is 22.6 Å². The zero-order chi connectivity index (χ0) is 22.0. The molecule has 2 heterocycles. The standard InChI is InChI=1S/C27H30N2O2/c1-17(2)19-4-7-23(18(3)14-19)20-5-8-24-21(15-20)10-13-29-26(24)9-6-22-16-28-12-11-25(22)27(30)31/h4-5,7-8,11-12,14-17,26,29H,6,9-10,13H2,1-3H3,(H,30,31)/t26-/m1/s1. The van der Waals surface area contributed by atoms with Crippen molar-refractivity contribution in [1.82, 2.24) is 10.3 Å². The maximum atomic E-state index is 11.5. The number of rotatable bonds is 6. The number of fused-ring (bicyclic) bond motifs is 1. The molecule has 0 fully saturated rings. The molecule has 0 aliphatic carbocycles. The normalized spacial score (nSPS) is 15.7. The highest BCUT2D eigenvalue weighted by Gasteiger charge is 2.21. The van der Waals surface area contributed by atoms with E-state index in [9.17, 15) is 9.90 Å². The molecular weight excluding hydrogens is 384 g/mol. The van der Waals surface area contributed by atoms with Crippen molar-refractivity contribution in [3.05, 3.63) is 88.2 Å². The summed E-state index contributed by atoms with van der Waals surface area (Å²) < 4.78 is 0. The van der Waals surface area contributed by atoms with Crippen LogP contribution in [0, 0.1) is 6.92 Å². The smallest absolute Gasteiger partial charge is 0.336 e. The third-order valence-electron chi connectivity index (χ3n) is 6.37. The van der Waals surface area contributed by atoms with Crippen molar-refractivity contribution in [2.75, 3.05) is 6.54 Å². The van der Waals surface area contributed by atoms with E-state index in [0.717, 1.165) is 24.9 Å². The zero-order valence-electron chi connectivity index (χ0n) is 18.5. The second-order valence-corrected chi connectivity index (χ2v) is 8.78. The molecule has 2 aromatic carbocycles. The van der Waals surface area contributed by atoms with Crippen LogP contribution in [-0.2, 0) is 12.8 Å². The monoisotopic (exact) mass is 414 g/mol. The first-order valence-electron chi connectivity index (χ1n) is 11.1. The minimum absolute atomic E-state index is 0.226. The van der Waals surface area contributed by atoms with Gasteiger partial charge in [-0.05, 0) is 83.7 Å². The lowest BCUT2D eigenvalue weighted by molar-refractivity contribution is 0.0695. The van der Waals surface area contributed by atoms with Crippen LogP contribution in [0.5, 0.6) is 0 Å². The fourth-order valence-corrected chi connectivity index (χ4v) is 4.58. The second kappa shape index (κ2) is 9.03. The van der Waals surface area contributed by atoms with Crippen LogP contribution in [0.4, 0.5) is 0 Å². The molecule has 0 amide bonds. The van der Waals surface area contributed by atoms with E-state index >= 15 is 0 Å². The van der Waals surface area contributed by atoms with Crippen molar-refractivity contribution in [2.24, 2.45) is 0 Å². The van der Waals surface area contributed by atoms with Crippen molar-refractivity contribution in [3.63, 3.8) is 0 Å². The van der Waals surface area contributed by atoms with Crippen LogP contribution in [0.3, 0.4) is 0 Å². The molecule has 0 saturated carbocycles. The number of hydrogen-bond donors (Lipinski definition) is 2. The number of nitrogens with zero attached hydrogens (tertiary/aromatic N) is 1. The van der Waals surface area contributed by atoms with Crippen molar-refractivity contribution < 1.29 is 9.90 Å².